The molecule has 1 aromatic heterocycles. The highest BCUT2D eigenvalue weighted by Crippen LogP contribution is 2.34. The van der Waals surface area contributed by atoms with Crippen LogP contribution in [-0.2, 0) is 10.0 Å². The molecule has 2 aromatic carbocycles. The van der Waals surface area contributed by atoms with Crippen LogP contribution in [0, 0.1) is 11.6 Å². The van der Waals surface area contributed by atoms with E-state index in [1.54, 1.807) is 0 Å². The predicted molar refractivity (Wildman–Crippen MR) is 114 cm³/mol. The van der Waals surface area contributed by atoms with Crippen LogP contribution >= 0.6 is 23.2 Å². The Morgan fingerprint density at radius 1 is 1.06 bits per heavy atom. The Kier molecular flexibility index (Phi) is 6.06. The molecule has 1 fully saturated rings. The molecule has 4 rings (SSSR count). The first kappa shape index (κ1) is 22.2. The van der Waals surface area contributed by atoms with Crippen LogP contribution in [0.1, 0.15) is 35.7 Å². The van der Waals surface area contributed by atoms with E-state index in [4.69, 9.17) is 28.9 Å². The van der Waals surface area contributed by atoms with Gasteiger partial charge in [-0.25, -0.2) is 26.9 Å². The Bertz CT molecular complexity index is 1180. The Balaban J connectivity index is 1.74. The first-order valence-electron chi connectivity index (χ1n) is 9.37. The molecule has 11 heteroatoms. The number of nitrogens with one attached hydrogen (secondary N) is 2. The van der Waals surface area contributed by atoms with Gasteiger partial charge in [-0.3, -0.25) is 0 Å². The van der Waals surface area contributed by atoms with Crippen LogP contribution < -0.4 is 10.5 Å². The molecule has 0 amide bonds. The van der Waals surface area contributed by atoms with Gasteiger partial charge in [0.2, 0.25) is 0 Å². The maximum Gasteiger partial charge on any atom is 0.257 e. The second-order valence-electron chi connectivity index (χ2n) is 7.46. The molecule has 0 saturated heterocycles. The van der Waals surface area contributed by atoms with Crippen LogP contribution in [0.25, 0.3) is 0 Å². The van der Waals surface area contributed by atoms with Crippen LogP contribution in [0.15, 0.2) is 47.6 Å². The fourth-order valence-electron chi connectivity index (χ4n) is 3.54. The van der Waals surface area contributed by atoms with Gasteiger partial charge in [-0.15, -0.1) is 0 Å². The lowest BCUT2D eigenvalue weighted by molar-refractivity contribution is 0.327. The third-order valence-corrected chi connectivity index (χ3v) is 7.19. The number of imidazole rings is 1. The van der Waals surface area contributed by atoms with Crippen molar-refractivity contribution in [3.05, 3.63) is 81.2 Å². The van der Waals surface area contributed by atoms with Crippen LogP contribution in [0.2, 0.25) is 10.0 Å². The summed E-state index contributed by atoms with van der Waals surface area (Å²) >= 11 is 11.9. The molecule has 0 radical (unpaired) electrons. The third kappa shape index (κ3) is 4.61. The number of benzene rings is 2. The molecule has 4 N–H and O–H groups in total. The molecule has 3 aromatic rings. The predicted octanol–water partition coefficient (Wildman–Crippen LogP) is 3.94. The Morgan fingerprint density at radius 3 is 2.10 bits per heavy atom. The zero-order valence-electron chi connectivity index (χ0n) is 15.9. The largest absolute Gasteiger partial charge is 0.331 e. The maximum absolute atomic E-state index is 13.7. The summed E-state index contributed by atoms with van der Waals surface area (Å²) in [6.45, 7) is 0. The van der Waals surface area contributed by atoms with Gasteiger partial charge in [-0.1, -0.05) is 35.3 Å². The summed E-state index contributed by atoms with van der Waals surface area (Å²) in [5, 5.41) is -0.356. The number of nitrogens with zero attached hydrogens (tertiary/aromatic N) is 1. The summed E-state index contributed by atoms with van der Waals surface area (Å²) in [4.78, 5) is 7.05. The number of nitrogens with two attached hydrogens (primary N) is 1. The minimum absolute atomic E-state index is 0.0131. The number of H-pyrrole nitrogens is 1. The summed E-state index contributed by atoms with van der Waals surface area (Å²) in [6.07, 6.45) is 2.32. The lowest BCUT2D eigenvalue weighted by atomic mass is 9.89. The topological polar surface area (TPSA) is 101 Å². The van der Waals surface area contributed by atoms with Gasteiger partial charge in [-0.2, -0.15) is 0 Å². The van der Waals surface area contributed by atoms with Gasteiger partial charge >= 0.3 is 0 Å². The average molecular weight is 487 g/mol. The molecule has 164 valence electrons. The lowest BCUT2D eigenvalue weighted by Gasteiger charge is -2.32. The molecule has 1 aliphatic carbocycles. The van der Waals surface area contributed by atoms with Crippen molar-refractivity contribution in [2.45, 2.75) is 35.9 Å². The quantitative estimate of drug-likeness (QED) is 0.490. The van der Waals surface area contributed by atoms with E-state index >= 15 is 0 Å². The molecule has 0 aliphatic heterocycles. The van der Waals surface area contributed by atoms with Crippen LogP contribution in [0.3, 0.4) is 0 Å². The summed E-state index contributed by atoms with van der Waals surface area (Å²) < 4.78 is 55.4. The number of sulfonamides is 1. The molecular formula is C20H18Cl2F2N4O2S. The zero-order chi connectivity index (χ0) is 22.3. The summed E-state index contributed by atoms with van der Waals surface area (Å²) in [7, 11) is -3.85. The number of aromatic nitrogens is 2. The number of hydrogen-bond acceptors (Lipinski definition) is 4. The Labute approximate surface area is 187 Å². The van der Waals surface area contributed by atoms with Gasteiger partial charge in [0.1, 0.15) is 17.5 Å². The van der Waals surface area contributed by atoms with Crippen molar-refractivity contribution in [3.63, 3.8) is 0 Å². The van der Waals surface area contributed by atoms with Crippen LogP contribution in [0.5, 0.6) is 0 Å². The molecule has 0 spiro atoms. The Hall–Kier alpha value is -2.04. The SMILES string of the molecule is NC1CC(NS(=O)(=O)c2cnc(C(c3ccc(F)c(Cl)c3)c3ccc(F)c(Cl)c3)[nH]2)C1. The van der Waals surface area contributed by atoms with E-state index in [1.165, 1.54) is 42.6 Å². The number of halogens is 4. The Morgan fingerprint density at radius 2 is 1.61 bits per heavy atom. The van der Waals surface area contributed by atoms with Gasteiger partial charge in [0.15, 0.2) is 5.03 Å². The van der Waals surface area contributed by atoms with Crippen LogP contribution in [0.4, 0.5) is 8.78 Å². The van der Waals surface area contributed by atoms with E-state index in [-0.39, 0.29) is 33.0 Å². The zero-order valence-corrected chi connectivity index (χ0v) is 18.3. The van der Waals surface area contributed by atoms with Gasteiger partial charge < -0.3 is 10.7 Å². The van der Waals surface area contributed by atoms with Crippen LogP contribution in [-0.4, -0.2) is 30.5 Å². The molecule has 1 aliphatic rings. The van der Waals surface area contributed by atoms with Crippen molar-refractivity contribution in [2.24, 2.45) is 5.73 Å². The monoisotopic (exact) mass is 486 g/mol. The van der Waals surface area contributed by atoms with Crippen molar-refractivity contribution in [1.82, 2.24) is 14.7 Å². The van der Waals surface area contributed by atoms with Gasteiger partial charge in [-0.05, 0) is 48.2 Å². The number of hydrogen-bond donors (Lipinski definition) is 3. The second-order valence-corrected chi connectivity index (χ2v) is 9.96. The summed E-state index contributed by atoms with van der Waals surface area (Å²) in [5.74, 6) is -1.66. The van der Waals surface area contributed by atoms with E-state index in [2.05, 4.69) is 14.7 Å². The summed E-state index contributed by atoms with van der Waals surface area (Å²) in [5.41, 5.74) is 6.75. The van der Waals surface area contributed by atoms with Crippen molar-refractivity contribution >= 4 is 33.2 Å². The van der Waals surface area contributed by atoms with E-state index < -0.39 is 27.6 Å². The van der Waals surface area contributed by atoms with Gasteiger partial charge in [0, 0.05) is 12.1 Å². The first-order chi connectivity index (χ1) is 14.6. The van der Waals surface area contributed by atoms with Crippen molar-refractivity contribution in [2.75, 3.05) is 0 Å². The summed E-state index contributed by atoms with van der Waals surface area (Å²) in [6, 6.07) is 7.94. The molecule has 31 heavy (non-hydrogen) atoms. The normalized spacial score (nSPS) is 18.9. The molecule has 0 bridgehead atoms. The molecule has 0 atom stereocenters. The standard InChI is InChI=1S/C20H18Cl2F2N4O2S/c21-14-5-10(1-3-16(14)23)19(11-2-4-17(24)15(22)6-11)20-26-9-18(27-20)31(29,30)28-13-7-12(25)8-13/h1-6,9,12-13,19,28H,7-8,25H2,(H,26,27). The number of aromatic amines is 1. The van der Waals surface area contributed by atoms with Gasteiger partial charge in [0.25, 0.3) is 10.0 Å². The molecule has 1 heterocycles. The minimum atomic E-state index is -3.85. The molecular weight excluding hydrogens is 469 g/mol. The molecule has 6 nitrogen and oxygen atoms in total. The minimum Gasteiger partial charge on any atom is -0.331 e. The highest BCUT2D eigenvalue weighted by atomic mass is 35.5. The molecule has 0 unspecified atom stereocenters. The number of rotatable bonds is 6. The van der Waals surface area contributed by atoms with Crippen molar-refractivity contribution in [3.8, 4) is 0 Å². The molecule has 1 saturated carbocycles. The van der Waals surface area contributed by atoms with E-state index in [1.807, 2.05) is 0 Å². The smallest absolute Gasteiger partial charge is 0.257 e. The lowest BCUT2D eigenvalue weighted by Crippen LogP contribution is -2.50. The maximum atomic E-state index is 13.7. The fourth-order valence-corrected chi connectivity index (χ4v) is 5.10. The second kappa shape index (κ2) is 8.48. The first-order valence-corrected chi connectivity index (χ1v) is 11.6. The fraction of sp³-hybridized carbons (Fsp3) is 0.250. The van der Waals surface area contributed by atoms with E-state index in [0.717, 1.165) is 0 Å². The van der Waals surface area contributed by atoms with E-state index in [0.29, 0.717) is 24.0 Å². The highest BCUT2D eigenvalue weighted by molar-refractivity contribution is 7.89. The third-order valence-electron chi connectivity index (χ3n) is 5.19. The average Bonchev–Trinajstić information content (AvgIpc) is 3.17. The van der Waals surface area contributed by atoms with Crippen molar-refractivity contribution in [1.29, 1.82) is 0 Å². The van der Waals surface area contributed by atoms with E-state index in [9.17, 15) is 17.2 Å². The highest BCUT2D eigenvalue weighted by Gasteiger charge is 2.32. The van der Waals surface area contributed by atoms with Crippen molar-refractivity contribution < 1.29 is 17.2 Å². The van der Waals surface area contributed by atoms with Gasteiger partial charge in [0.05, 0.1) is 22.2 Å².